The first-order valence-corrected chi connectivity index (χ1v) is 13.6. The van der Waals surface area contributed by atoms with Gasteiger partial charge in [-0.1, -0.05) is 40.2 Å². The molecule has 2 aromatic carbocycles. The predicted octanol–water partition coefficient (Wildman–Crippen LogP) is 3.29. The van der Waals surface area contributed by atoms with Crippen LogP contribution in [0.1, 0.15) is 23.2 Å². The van der Waals surface area contributed by atoms with E-state index in [1.807, 2.05) is 24.3 Å². The van der Waals surface area contributed by atoms with Crippen LogP contribution in [0.25, 0.3) is 11.1 Å². The van der Waals surface area contributed by atoms with E-state index in [-0.39, 0.29) is 16.0 Å². The standard InChI is InChI=1S/C23H27BrN4O4S/c24-17-21(29)18-6-5-7-19(16-18)33(30,31)25-10-3-4-11-27-12-14-28(15-13-27)23-26-20-8-1-2-9-22(20)32-23/h1-2,5-9,16,25H,3-4,10-15,17H2. The Morgan fingerprint density at radius 3 is 2.61 bits per heavy atom. The number of rotatable bonds is 10. The van der Waals surface area contributed by atoms with Crippen molar-refractivity contribution in [2.24, 2.45) is 0 Å². The predicted molar refractivity (Wildman–Crippen MR) is 132 cm³/mol. The van der Waals surface area contributed by atoms with Crippen molar-refractivity contribution in [1.82, 2.24) is 14.6 Å². The number of sulfonamides is 1. The van der Waals surface area contributed by atoms with E-state index in [1.165, 1.54) is 12.1 Å². The molecule has 0 saturated carbocycles. The molecule has 1 aliphatic rings. The van der Waals surface area contributed by atoms with Crippen LogP contribution in [0.5, 0.6) is 0 Å². The number of fused-ring (bicyclic) bond motifs is 1. The minimum absolute atomic E-state index is 0.115. The Hall–Kier alpha value is -2.27. The number of para-hydroxylation sites is 2. The maximum absolute atomic E-state index is 12.5. The molecule has 0 amide bonds. The molecule has 1 aliphatic heterocycles. The molecular formula is C23H27BrN4O4S. The lowest BCUT2D eigenvalue weighted by atomic mass is 10.2. The van der Waals surface area contributed by atoms with E-state index in [4.69, 9.17) is 4.42 Å². The van der Waals surface area contributed by atoms with E-state index in [2.05, 4.69) is 35.4 Å². The molecule has 1 fully saturated rings. The van der Waals surface area contributed by atoms with E-state index >= 15 is 0 Å². The van der Waals surface area contributed by atoms with Gasteiger partial charge in [-0.05, 0) is 43.7 Å². The number of hydrogen-bond donors (Lipinski definition) is 1. The number of hydrogen-bond acceptors (Lipinski definition) is 7. The maximum Gasteiger partial charge on any atom is 0.298 e. The summed E-state index contributed by atoms with van der Waals surface area (Å²) >= 11 is 3.11. The molecule has 0 aliphatic carbocycles. The third kappa shape index (κ3) is 6.00. The smallest absolute Gasteiger partial charge is 0.298 e. The molecule has 0 atom stereocenters. The van der Waals surface area contributed by atoms with Gasteiger partial charge in [-0.15, -0.1) is 0 Å². The molecule has 1 aromatic heterocycles. The number of Topliss-reactive ketones (excluding diaryl/α,β-unsaturated/α-hetero) is 1. The average Bonchev–Trinajstić information content (AvgIpc) is 3.28. The summed E-state index contributed by atoms with van der Waals surface area (Å²) in [6.07, 6.45) is 1.64. The number of anilines is 1. The van der Waals surface area contributed by atoms with Gasteiger partial charge in [0.25, 0.3) is 6.01 Å². The fourth-order valence-electron chi connectivity index (χ4n) is 3.82. The lowest BCUT2D eigenvalue weighted by Gasteiger charge is -2.33. The van der Waals surface area contributed by atoms with Crippen LogP contribution in [0.3, 0.4) is 0 Å². The number of halogens is 1. The topological polar surface area (TPSA) is 95.8 Å². The zero-order chi connectivity index (χ0) is 23.3. The number of piperazine rings is 1. The Kier molecular flexibility index (Phi) is 7.79. The van der Waals surface area contributed by atoms with Gasteiger partial charge in [0.1, 0.15) is 5.52 Å². The van der Waals surface area contributed by atoms with Gasteiger partial charge in [-0.25, -0.2) is 13.1 Å². The summed E-state index contributed by atoms with van der Waals surface area (Å²) in [5.74, 6) is -0.150. The minimum atomic E-state index is -3.63. The molecular weight excluding hydrogens is 508 g/mol. The summed E-state index contributed by atoms with van der Waals surface area (Å²) in [5.41, 5.74) is 2.06. The van der Waals surface area contributed by atoms with Gasteiger partial charge >= 0.3 is 0 Å². The van der Waals surface area contributed by atoms with E-state index < -0.39 is 10.0 Å². The third-order valence-electron chi connectivity index (χ3n) is 5.71. The van der Waals surface area contributed by atoms with Crippen LogP contribution in [-0.4, -0.2) is 68.7 Å². The monoisotopic (exact) mass is 534 g/mol. The number of carbonyl (C=O) groups excluding carboxylic acids is 1. The summed E-state index contributed by atoms with van der Waals surface area (Å²) in [6, 6.07) is 14.6. The summed E-state index contributed by atoms with van der Waals surface area (Å²) in [4.78, 5) is 21.0. The lowest BCUT2D eigenvalue weighted by molar-refractivity contribution is 0.102. The lowest BCUT2D eigenvalue weighted by Crippen LogP contribution is -2.46. The normalized spacial score (nSPS) is 15.2. The Morgan fingerprint density at radius 2 is 1.85 bits per heavy atom. The van der Waals surface area contributed by atoms with Crippen LogP contribution in [0, 0.1) is 0 Å². The molecule has 0 spiro atoms. The zero-order valence-electron chi connectivity index (χ0n) is 18.2. The number of alkyl halides is 1. The molecule has 0 bridgehead atoms. The second-order valence-corrected chi connectivity index (χ2v) is 10.3. The van der Waals surface area contributed by atoms with Crippen molar-refractivity contribution in [3.05, 3.63) is 54.1 Å². The fourth-order valence-corrected chi connectivity index (χ4v) is 5.27. The third-order valence-corrected chi connectivity index (χ3v) is 7.67. The molecule has 8 nitrogen and oxygen atoms in total. The zero-order valence-corrected chi connectivity index (χ0v) is 20.6. The molecule has 0 unspecified atom stereocenters. The van der Waals surface area contributed by atoms with Gasteiger partial charge in [-0.2, -0.15) is 4.98 Å². The second kappa shape index (κ2) is 10.8. The number of aromatic nitrogens is 1. The number of benzene rings is 2. The Bertz CT molecular complexity index is 1170. The van der Waals surface area contributed by atoms with Crippen molar-refractivity contribution in [3.8, 4) is 0 Å². The number of ketones is 1. The minimum Gasteiger partial charge on any atom is -0.423 e. The number of nitrogens with zero attached hydrogens (tertiary/aromatic N) is 3. The molecule has 1 N–H and O–H groups in total. The van der Waals surface area contributed by atoms with Crippen LogP contribution >= 0.6 is 15.9 Å². The number of unbranched alkanes of at least 4 members (excludes halogenated alkanes) is 1. The average molecular weight is 535 g/mol. The van der Waals surface area contributed by atoms with Gasteiger partial charge < -0.3 is 9.32 Å². The van der Waals surface area contributed by atoms with Crippen LogP contribution in [0.4, 0.5) is 6.01 Å². The van der Waals surface area contributed by atoms with Crippen molar-refractivity contribution in [1.29, 1.82) is 0 Å². The first kappa shape index (κ1) is 23.9. The largest absolute Gasteiger partial charge is 0.423 e. The SMILES string of the molecule is O=C(CBr)c1cccc(S(=O)(=O)NCCCCN2CCN(c3nc4ccccc4o3)CC2)c1. The van der Waals surface area contributed by atoms with E-state index in [1.54, 1.807) is 12.1 Å². The van der Waals surface area contributed by atoms with Crippen molar-refractivity contribution in [3.63, 3.8) is 0 Å². The van der Waals surface area contributed by atoms with Crippen LogP contribution in [0.15, 0.2) is 57.8 Å². The molecule has 3 aromatic rings. The quantitative estimate of drug-likeness (QED) is 0.242. The Morgan fingerprint density at radius 1 is 1.06 bits per heavy atom. The second-order valence-electron chi connectivity index (χ2n) is 7.98. The van der Waals surface area contributed by atoms with Gasteiger partial charge in [0.15, 0.2) is 11.4 Å². The summed E-state index contributed by atoms with van der Waals surface area (Å²) in [5, 5.41) is 0.160. The number of nitrogens with one attached hydrogen (secondary N) is 1. The Labute approximate surface area is 202 Å². The van der Waals surface area contributed by atoms with Crippen molar-refractivity contribution in [2.75, 3.05) is 49.5 Å². The molecule has 33 heavy (non-hydrogen) atoms. The van der Waals surface area contributed by atoms with Crippen LogP contribution in [0.2, 0.25) is 0 Å². The number of carbonyl (C=O) groups is 1. The first-order chi connectivity index (χ1) is 16.0. The molecule has 1 saturated heterocycles. The van der Waals surface area contributed by atoms with E-state index in [0.717, 1.165) is 56.7 Å². The van der Waals surface area contributed by atoms with Crippen LogP contribution < -0.4 is 9.62 Å². The summed E-state index contributed by atoms with van der Waals surface area (Å²) < 4.78 is 33.6. The highest BCUT2D eigenvalue weighted by Gasteiger charge is 2.21. The first-order valence-electron chi connectivity index (χ1n) is 11.0. The van der Waals surface area contributed by atoms with Crippen LogP contribution in [-0.2, 0) is 10.0 Å². The number of oxazole rings is 1. The highest BCUT2D eigenvalue weighted by atomic mass is 79.9. The van der Waals surface area contributed by atoms with Gasteiger partial charge in [0.05, 0.1) is 10.2 Å². The molecule has 2 heterocycles. The molecule has 0 radical (unpaired) electrons. The highest BCUT2D eigenvalue weighted by molar-refractivity contribution is 9.09. The molecule has 10 heteroatoms. The van der Waals surface area contributed by atoms with Gasteiger partial charge in [-0.3, -0.25) is 9.69 Å². The summed E-state index contributed by atoms with van der Waals surface area (Å²) in [7, 11) is -3.63. The van der Waals surface area contributed by atoms with E-state index in [9.17, 15) is 13.2 Å². The van der Waals surface area contributed by atoms with Crippen molar-refractivity contribution in [2.45, 2.75) is 17.7 Å². The highest BCUT2D eigenvalue weighted by Crippen LogP contribution is 2.22. The van der Waals surface area contributed by atoms with Gasteiger partial charge in [0, 0.05) is 38.3 Å². The summed E-state index contributed by atoms with van der Waals surface area (Å²) in [6.45, 7) is 4.81. The Balaban J connectivity index is 1.18. The fraction of sp³-hybridized carbons (Fsp3) is 0.391. The molecule has 4 rings (SSSR count). The van der Waals surface area contributed by atoms with Gasteiger partial charge in [0.2, 0.25) is 10.0 Å². The molecule has 176 valence electrons. The maximum atomic E-state index is 12.5. The van der Waals surface area contributed by atoms with Crippen molar-refractivity contribution >= 4 is 48.9 Å². The van der Waals surface area contributed by atoms with Crippen molar-refractivity contribution < 1.29 is 17.6 Å². The van der Waals surface area contributed by atoms with E-state index in [0.29, 0.717) is 18.1 Å².